The molecule has 1 heterocycles. The van der Waals surface area contributed by atoms with Gasteiger partial charge in [0.05, 0.1) is 6.10 Å². The van der Waals surface area contributed by atoms with Crippen LogP contribution in [0.1, 0.15) is 19.3 Å². The summed E-state index contributed by atoms with van der Waals surface area (Å²) in [7, 11) is -3.82. The van der Waals surface area contributed by atoms with Gasteiger partial charge in [-0.3, -0.25) is 4.52 Å². The molecule has 2 aliphatic rings. The van der Waals surface area contributed by atoms with Crippen LogP contribution in [0, 0.1) is 11.8 Å². The third kappa shape index (κ3) is 2.78. The van der Waals surface area contributed by atoms with Gasteiger partial charge in [0.25, 0.3) is 0 Å². The molecule has 0 aromatic carbocycles. The number of piperidine rings is 1. The van der Waals surface area contributed by atoms with E-state index < -0.39 is 7.75 Å². The minimum Gasteiger partial charge on any atom is -0.314 e. The molecule has 1 aliphatic carbocycles. The summed E-state index contributed by atoms with van der Waals surface area (Å²) in [6, 6.07) is 0. The molecule has 4 N–H and O–H groups in total. The van der Waals surface area contributed by atoms with Crippen molar-refractivity contribution in [2.24, 2.45) is 17.3 Å². The Morgan fingerprint density at radius 2 is 2.14 bits per heavy atom. The Balaban J connectivity index is 1.95. The van der Waals surface area contributed by atoms with Crippen LogP contribution in [-0.4, -0.2) is 24.1 Å². The van der Waals surface area contributed by atoms with Gasteiger partial charge < -0.3 is 10.2 Å². The first-order valence-electron chi connectivity index (χ1n) is 5.07. The minimum atomic E-state index is -3.82. The molecular weight excluding hydrogens is 203 g/mol. The van der Waals surface area contributed by atoms with Crippen LogP contribution in [0.4, 0.5) is 0 Å². The van der Waals surface area contributed by atoms with Crippen LogP contribution in [0.3, 0.4) is 0 Å². The second-order valence-electron chi connectivity index (χ2n) is 4.20. The van der Waals surface area contributed by atoms with Crippen molar-refractivity contribution in [3.05, 3.63) is 0 Å². The van der Waals surface area contributed by atoms with Gasteiger partial charge in [0, 0.05) is 6.54 Å². The molecule has 14 heavy (non-hydrogen) atoms. The molecule has 2 fully saturated rings. The molecule has 0 radical (unpaired) electrons. The lowest BCUT2D eigenvalue weighted by atomic mass is 9.90. The van der Waals surface area contributed by atoms with Gasteiger partial charge in [-0.1, -0.05) is 0 Å². The maximum absolute atomic E-state index is 11.0. The van der Waals surface area contributed by atoms with E-state index in [0.717, 1.165) is 13.0 Å². The van der Waals surface area contributed by atoms with E-state index in [9.17, 15) is 4.57 Å². The fourth-order valence-corrected chi connectivity index (χ4v) is 2.84. The highest BCUT2D eigenvalue weighted by Crippen LogP contribution is 2.45. The highest BCUT2D eigenvalue weighted by Gasteiger charge is 2.40. The van der Waals surface area contributed by atoms with Crippen molar-refractivity contribution in [3.8, 4) is 0 Å². The van der Waals surface area contributed by atoms with E-state index in [1.165, 1.54) is 12.8 Å². The Bertz CT molecular complexity index is 251. The lowest BCUT2D eigenvalue weighted by Gasteiger charge is -2.32. The second kappa shape index (κ2) is 3.91. The summed E-state index contributed by atoms with van der Waals surface area (Å²) in [5.41, 5.74) is 5.01. The molecule has 0 bridgehead atoms. The molecule has 0 amide bonds. The lowest BCUT2D eigenvalue weighted by molar-refractivity contribution is 0.0800. The Hall–Kier alpha value is 0.0700. The Morgan fingerprint density at radius 3 is 2.71 bits per heavy atom. The van der Waals surface area contributed by atoms with Gasteiger partial charge >= 0.3 is 7.75 Å². The Morgan fingerprint density at radius 1 is 1.43 bits per heavy atom. The molecule has 2 rings (SSSR count). The highest BCUT2D eigenvalue weighted by molar-refractivity contribution is 7.50. The number of rotatable bonds is 3. The molecule has 1 saturated carbocycles. The topological polar surface area (TPSA) is 84.6 Å². The Kier molecular flexibility index (Phi) is 2.96. The third-order valence-corrected chi connectivity index (χ3v) is 3.56. The molecule has 1 unspecified atom stereocenters. The fraction of sp³-hybridized carbons (Fsp3) is 1.00. The smallest absolute Gasteiger partial charge is 0.314 e. The van der Waals surface area contributed by atoms with Crippen LogP contribution in [0.15, 0.2) is 0 Å². The molecule has 82 valence electrons. The first-order valence-corrected chi connectivity index (χ1v) is 6.71. The largest absolute Gasteiger partial charge is 0.400 e. The van der Waals surface area contributed by atoms with E-state index in [-0.39, 0.29) is 6.10 Å². The minimum absolute atomic E-state index is 0.183. The van der Waals surface area contributed by atoms with Gasteiger partial charge in [0.1, 0.15) is 0 Å². The van der Waals surface area contributed by atoms with Crippen LogP contribution in [0.2, 0.25) is 0 Å². The molecule has 6 heteroatoms. The lowest BCUT2D eigenvalue weighted by Crippen LogP contribution is -2.43. The summed E-state index contributed by atoms with van der Waals surface area (Å²) >= 11 is 0. The number of nitrogens with one attached hydrogen (secondary N) is 1. The van der Waals surface area contributed by atoms with E-state index in [0.29, 0.717) is 18.4 Å². The maximum atomic E-state index is 11.0. The number of hydrogen-bond acceptors (Lipinski definition) is 3. The molecule has 0 aromatic heterocycles. The van der Waals surface area contributed by atoms with Crippen molar-refractivity contribution >= 4 is 7.75 Å². The molecule has 1 saturated heterocycles. The van der Waals surface area contributed by atoms with Gasteiger partial charge in [-0.25, -0.2) is 10.1 Å². The quantitative estimate of drug-likeness (QED) is 0.601. The van der Waals surface area contributed by atoms with E-state index in [2.05, 4.69) is 5.32 Å². The standard InChI is InChI=1S/C8H17N2O3P/c9-14(11,12)13-8-5-10-4-3-7(8)6-1-2-6/h6-8,10H,1-5H2,(H3,9,11,12)/t7-,8+/m1/s1. The van der Waals surface area contributed by atoms with Gasteiger partial charge in [-0.2, -0.15) is 0 Å². The van der Waals surface area contributed by atoms with Gasteiger partial charge in [-0.05, 0) is 37.6 Å². The van der Waals surface area contributed by atoms with Crippen molar-refractivity contribution in [2.45, 2.75) is 25.4 Å². The maximum Gasteiger partial charge on any atom is 0.400 e. The monoisotopic (exact) mass is 220 g/mol. The van der Waals surface area contributed by atoms with E-state index in [4.69, 9.17) is 14.9 Å². The van der Waals surface area contributed by atoms with E-state index >= 15 is 0 Å². The van der Waals surface area contributed by atoms with Crippen LogP contribution in [0.5, 0.6) is 0 Å². The molecule has 3 atom stereocenters. The van der Waals surface area contributed by atoms with Gasteiger partial charge in [0.15, 0.2) is 0 Å². The van der Waals surface area contributed by atoms with Gasteiger partial charge in [-0.15, -0.1) is 0 Å². The summed E-state index contributed by atoms with van der Waals surface area (Å²) in [6.45, 7) is 1.62. The number of nitrogens with two attached hydrogens (primary N) is 1. The first kappa shape index (κ1) is 10.6. The number of hydrogen-bond donors (Lipinski definition) is 3. The fourth-order valence-electron chi connectivity index (χ4n) is 2.22. The average Bonchev–Trinajstić information content (AvgIpc) is 2.85. The summed E-state index contributed by atoms with van der Waals surface area (Å²) in [5, 5.41) is 3.16. The van der Waals surface area contributed by atoms with E-state index in [1.807, 2.05) is 0 Å². The van der Waals surface area contributed by atoms with Crippen molar-refractivity contribution in [1.82, 2.24) is 5.32 Å². The van der Waals surface area contributed by atoms with Gasteiger partial charge in [0.2, 0.25) is 0 Å². The summed E-state index contributed by atoms with van der Waals surface area (Å²) in [5.74, 6) is 1.11. The highest BCUT2D eigenvalue weighted by atomic mass is 31.2. The SMILES string of the molecule is NP(=O)(O)O[C@H]1CNCC[C@@H]1C1CC1. The Labute approximate surface area is 83.6 Å². The normalized spacial score (nSPS) is 37.9. The van der Waals surface area contributed by atoms with Crippen molar-refractivity contribution in [2.75, 3.05) is 13.1 Å². The zero-order chi connectivity index (χ0) is 10.2. The molecule has 5 nitrogen and oxygen atoms in total. The summed E-state index contributed by atoms with van der Waals surface area (Å²) in [6.07, 6.45) is 3.29. The zero-order valence-corrected chi connectivity index (χ0v) is 8.95. The van der Waals surface area contributed by atoms with Crippen molar-refractivity contribution in [3.63, 3.8) is 0 Å². The summed E-state index contributed by atoms with van der Waals surface area (Å²) in [4.78, 5) is 8.97. The second-order valence-corrected chi connectivity index (χ2v) is 5.54. The zero-order valence-electron chi connectivity index (χ0n) is 8.06. The molecule has 1 aliphatic heterocycles. The molecule has 0 spiro atoms. The van der Waals surface area contributed by atoms with Crippen molar-refractivity contribution < 1.29 is 14.0 Å². The average molecular weight is 220 g/mol. The predicted molar refractivity (Wildman–Crippen MR) is 52.6 cm³/mol. The summed E-state index contributed by atoms with van der Waals surface area (Å²) < 4.78 is 16.0. The van der Waals surface area contributed by atoms with Crippen LogP contribution < -0.4 is 10.8 Å². The third-order valence-electron chi connectivity index (χ3n) is 2.99. The van der Waals surface area contributed by atoms with Crippen LogP contribution >= 0.6 is 7.75 Å². The molecule has 0 aromatic rings. The van der Waals surface area contributed by atoms with E-state index in [1.54, 1.807) is 0 Å². The van der Waals surface area contributed by atoms with Crippen LogP contribution in [0.25, 0.3) is 0 Å². The van der Waals surface area contributed by atoms with Crippen LogP contribution in [-0.2, 0) is 9.09 Å². The predicted octanol–water partition coefficient (Wildman–Crippen LogP) is 0.450. The molecular formula is C8H17N2O3P. The van der Waals surface area contributed by atoms with Crippen molar-refractivity contribution in [1.29, 1.82) is 0 Å². The first-order chi connectivity index (χ1) is 6.56.